The molecule has 1 amide bonds. The van der Waals surface area contributed by atoms with Crippen LogP contribution in [0.1, 0.15) is 47.3 Å². The maximum Gasteiger partial charge on any atom is 0.270 e. The molecule has 2 atom stereocenters. The summed E-state index contributed by atoms with van der Waals surface area (Å²) in [6.45, 7) is 0. The minimum Gasteiger partial charge on any atom is -0.391 e. The van der Waals surface area contributed by atoms with Crippen molar-refractivity contribution in [3.63, 3.8) is 0 Å². The fraction of sp³-hybridized carbons (Fsp3) is 0.333. The molecule has 1 aliphatic carbocycles. The first-order chi connectivity index (χ1) is 15.6. The molecule has 8 heteroatoms. The number of benzene rings is 1. The Balaban J connectivity index is 1.39. The fourth-order valence-corrected chi connectivity index (χ4v) is 5.14. The molecule has 1 fully saturated rings. The second-order valence-corrected chi connectivity index (χ2v) is 9.30. The van der Waals surface area contributed by atoms with Crippen molar-refractivity contribution in [1.82, 2.24) is 25.3 Å². The highest BCUT2D eigenvalue weighted by Crippen LogP contribution is 2.27. The van der Waals surface area contributed by atoms with Crippen LogP contribution < -0.4 is 5.32 Å². The van der Waals surface area contributed by atoms with Gasteiger partial charge in [0.2, 0.25) is 0 Å². The van der Waals surface area contributed by atoms with E-state index in [4.69, 9.17) is 0 Å². The van der Waals surface area contributed by atoms with E-state index in [0.29, 0.717) is 12.1 Å². The van der Waals surface area contributed by atoms with Crippen LogP contribution in [0.3, 0.4) is 0 Å². The molecular formula is C24H25N5O2S. The number of hydrogen-bond acceptors (Lipinski definition) is 6. The highest BCUT2D eigenvalue weighted by molar-refractivity contribution is 7.17. The van der Waals surface area contributed by atoms with Gasteiger partial charge in [-0.2, -0.15) is 0 Å². The molecule has 2 N–H and O–H groups in total. The van der Waals surface area contributed by atoms with Crippen molar-refractivity contribution in [2.24, 2.45) is 7.05 Å². The molecule has 3 aromatic heterocycles. The molecule has 0 spiro atoms. The zero-order valence-corrected chi connectivity index (χ0v) is 18.7. The van der Waals surface area contributed by atoms with Gasteiger partial charge in [-0.3, -0.25) is 9.48 Å². The van der Waals surface area contributed by atoms with Gasteiger partial charge in [0.15, 0.2) is 0 Å². The van der Waals surface area contributed by atoms with Crippen LogP contribution >= 0.6 is 11.3 Å². The largest absolute Gasteiger partial charge is 0.391 e. The second-order valence-electron chi connectivity index (χ2n) is 8.38. The first-order valence-electron chi connectivity index (χ1n) is 10.9. The van der Waals surface area contributed by atoms with E-state index in [0.717, 1.165) is 58.3 Å². The maximum atomic E-state index is 12.9. The lowest BCUT2D eigenvalue weighted by Gasteiger charge is -2.28. The van der Waals surface area contributed by atoms with Crippen LogP contribution in [0.2, 0.25) is 0 Å². The Morgan fingerprint density at radius 1 is 1.22 bits per heavy atom. The van der Waals surface area contributed by atoms with Crippen molar-refractivity contribution in [3.05, 3.63) is 64.8 Å². The molecule has 1 aromatic carbocycles. The van der Waals surface area contributed by atoms with Crippen molar-refractivity contribution in [2.75, 3.05) is 0 Å². The summed E-state index contributed by atoms with van der Waals surface area (Å²) in [5.41, 5.74) is 5.31. The van der Waals surface area contributed by atoms with Gasteiger partial charge in [-0.25, -0.2) is 4.98 Å². The van der Waals surface area contributed by atoms with Crippen LogP contribution in [0.25, 0.3) is 21.5 Å². The Hall–Kier alpha value is -3.10. The molecule has 4 aromatic rings. The number of carbonyl (C=O) groups excluding carboxylic acids is 1. The van der Waals surface area contributed by atoms with Gasteiger partial charge in [0.05, 0.1) is 28.6 Å². The van der Waals surface area contributed by atoms with Crippen LogP contribution in [0.4, 0.5) is 0 Å². The predicted octanol–water partition coefficient (Wildman–Crippen LogP) is 3.72. The quantitative estimate of drug-likeness (QED) is 0.486. The maximum absolute atomic E-state index is 12.9. The number of carbonyl (C=O) groups is 1. The molecule has 0 bridgehead atoms. The lowest BCUT2D eigenvalue weighted by atomic mass is 9.92. The number of thiophene rings is 1. The minimum absolute atomic E-state index is 0.201. The second kappa shape index (κ2) is 8.80. The summed E-state index contributed by atoms with van der Waals surface area (Å²) in [4.78, 5) is 17.5. The third-order valence-electron chi connectivity index (χ3n) is 6.01. The van der Waals surface area contributed by atoms with Gasteiger partial charge in [0.1, 0.15) is 11.4 Å². The molecule has 3 heterocycles. The Kier molecular flexibility index (Phi) is 5.71. The van der Waals surface area contributed by atoms with Crippen molar-refractivity contribution in [1.29, 1.82) is 0 Å². The highest BCUT2D eigenvalue weighted by Gasteiger charge is 2.25. The SMILES string of the molecule is Cn1cc(-c2ccc(Cc3cc(C(=O)N[C@@H]4CCCC[C@H]4O)nc4ccsc34)cc2)nn1. The molecule has 0 saturated heterocycles. The van der Waals surface area contributed by atoms with Gasteiger partial charge >= 0.3 is 0 Å². The van der Waals surface area contributed by atoms with Gasteiger partial charge in [0, 0.05) is 12.6 Å². The van der Waals surface area contributed by atoms with E-state index in [1.165, 1.54) is 0 Å². The summed E-state index contributed by atoms with van der Waals surface area (Å²) in [5, 5.41) is 23.4. The molecule has 0 radical (unpaired) electrons. The normalized spacial score (nSPS) is 18.7. The van der Waals surface area contributed by atoms with E-state index in [1.54, 1.807) is 16.0 Å². The fourth-order valence-electron chi connectivity index (χ4n) is 4.29. The van der Waals surface area contributed by atoms with Crippen LogP contribution in [0, 0.1) is 0 Å². The summed E-state index contributed by atoms with van der Waals surface area (Å²) in [5.74, 6) is -0.219. The number of fused-ring (bicyclic) bond motifs is 1. The Morgan fingerprint density at radius 3 is 2.78 bits per heavy atom. The molecule has 1 saturated carbocycles. The van der Waals surface area contributed by atoms with E-state index in [-0.39, 0.29) is 11.9 Å². The molecule has 1 aliphatic rings. The number of nitrogens with zero attached hydrogens (tertiary/aromatic N) is 4. The van der Waals surface area contributed by atoms with Crippen LogP contribution in [0.15, 0.2) is 48.0 Å². The lowest BCUT2D eigenvalue weighted by molar-refractivity contribution is 0.0714. The topological polar surface area (TPSA) is 92.9 Å². The molecule has 32 heavy (non-hydrogen) atoms. The van der Waals surface area contributed by atoms with Crippen molar-refractivity contribution < 1.29 is 9.90 Å². The number of aromatic nitrogens is 4. The summed E-state index contributed by atoms with van der Waals surface area (Å²) in [6, 6.07) is 11.9. The number of aliphatic hydroxyl groups excluding tert-OH is 1. The molecule has 164 valence electrons. The molecule has 7 nitrogen and oxygen atoms in total. The highest BCUT2D eigenvalue weighted by atomic mass is 32.1. The van der Waals surface area contributed by atoms with Crippen molar-refractivity contribution in [3.8, 4) is 11.3 Å². The van der Waals surface area contributed by atoms with Crippen LogP contribution in [-0.2, 0) is 13.5 Å². The van der Waals surface area contributed by atoms with Gasteiger partial charge in [-0.1, -0.05) is 42.3 Å². The van der Waals surface area contributed by atoms with E-state index in [9.17, 15) is 9.90 Å². The van der Waals surface area contributed by atoms with Gasteiger partial charge in [-0.15, -0.1) is 16.4 Å². The van der Waals surface area contributed by atoms with Gasteiger partial charge in [0.25, 0.3) is 5.91 Å². The summed E-state index contributed by atoms with van der Waals surface area (Å²) < 4.78 is 2.78. The summed E-state index contributed by atoms with van der Waals surface area (Å²) in [6.07, 6.45) is 5.68. The summed E-state index contributed by atoms with van der Waals surface area (Å²) >= 11 is 1.64. The van der Waals surface area contributed by atoms with E-state index < -0.39 is 6.10 Å². The number of amides is 1. The number of rotatable bonds is 5. The molecule has 0 aliphatic heterocycles. The first kappa shape index (κ1) is 20.8. The molecule has 0 unspecified atom stereocenters. The van der Waals surface area contributed by atoms with E-state index in [2.05, 4.69) is 32.7 Å². The third-order valence-corrected chi connectivity index (χ3v) is 6.99. The number of aryl methyl sites for hydroxylation is 1. The average Bonchev–Trinajstić information content (AvgIpc) is 3.45. The zero-order valence-electron chi connectivity index (χ0n) is 17.9. The number of hydrogen-bond donors (Lipinski definition) is 2. The van der Waals surface area contributed by atoms with Crippen LogP contribution in [0.5, 0.6) is 0 Å². The number of aliphatic hydroxyl groups is 1. The first-order valence-corrected chi connectivity index (χ1v) is 11.8. The van der Waals surface area contributed by atoms with Crippen LogP contribution in [-0.4, -0.2) is 43.1 Å². The smallest absolute Gasteiger partial charge is 0.270 e. The van der Waals surface area contributed by atoms with Crippen molar-refractivity contribution >= 4 is 27.5 Å². The Bertz CT molecular complexity index is 1250. The predicted molar refractivity (Wildman–Crippen MR) is 125 cm³/mol. The third kappa shape index (κ3) is 4.28. The van der Waals surface area contributed by atoms with Gasteiger partial charge < -0.3 is 10.4 Å². The Morgan fingerprint density at radius 2 is 2.03 bits per heavy atom. The zero-order chi connectivity index (χ0) is 22.1. The van der Waals surface area contributed by atoms with E-state index >= 15 is 0 Å². The summed E-state index contributed by atoms with van der Waals surface area (Å²) in [7, 11) is 1.85. The van der Waals surface area contributed by atoms with Gasteiger partial charge in [-0.05, 0) is 47.9 Å². The minimum atomic E-state index is -0.482. The number of nitrogens with one attached hydrogen (secondary N) is 1. The monoisotopic (exact) mass is 447 g/mol. The molecule has 5 rings (SSSR count). The Labute approximate surface area is 190 Å². The van der Waals surface area contributed by atoms with E-state index in [1.807, 2.05) is 42.9 Å². The standard InChI is InChI=1S/C24H25N5O2S/c1-29-14-21(27-28-29)16-8-6-15(7-9-16)12-17-13-20(25-19-10-11-32-23(17)19)24(31)26-18-4-2-3-5-22(18)30/h6-11,13-14,18,22,30H,2-5,12H2,1H3,(H,26,31)/t18-,22-/m1/s1. The average molecular weight is 448 g/mol. The number of pyridine rings is 1. The molecular weight excluding hydrogens is 422 g/mol. The lowest BCUT2D eigenvalue weighted by Crippen LogP contribution is -2.45. The van der Waals surface area contributed by atoms with Crippen molar-refractivity contribution in [2.45, 2.75) is 44.2 Å².